The summed E-state index contributed by atoms with van der Waals surface area (Å²) in [5.74, 6) is 0.107. The second kappa shape index (κ2) is 7.16. The van der Waals surface area contributed by atoms with E-state index in [-0.39, 0.29) is 5.91 Å². The molecule has 1 aliphatic heterocycles. The summed E-state index contributed by atoms with van der Waals surface area (Å²) in [6, 6.07) is 10.1. The number of amides is 1. The molecular weight excluding hydrogens is 298 g/mol. The van der Waals surface area contributed by atoms with Gasteiger partial charge in [-0.3, -0.25) is 9.59 Å². The van der Waals surface area contributed by atoms with Crippen LogP contribution in [0.3, 0.4) is 0 Å². The molecule has 0 bridgehead atoms. The molecule has 0 unspecified atom stereocenters. The van der Waals surface area contributed by atoms with Gasteiger partial charge in [0, 0.05) is 23.7 Å². The van der Waals surface area contributed by atoms with E-state index in [0.717, 1.165) is 41.0 Å². The molecule has 0 saturated heterocycles. The van der Waals surface area contributed by atoms with E-state index in [1.54, 1.807) is 6.07 Å². The van der Waals surface area contributed by atoms with E-state index < -0.39 is 0 Å². The van der Waals surface area contributed by atoms with Crippen molar-refractivity contribution >= 4 is 23.0 Å². The highest BCUT2D eigenvalue weighted by molar-refractivity contribution is 6.09. The van der Waals surface area contributed by atoms with Crippen LogP contribution in [0.2, 0.25) is 0 Å². The number of aldehydes is 1. The van der Waals surface area contributed by atoms with Gasteiger partial charge in [-0.1, -0.05) is 57.4 Å². The van der Waals surface area contributed by atoms with E-state index in [2.05, 4.69) is 0 Å². The zero-order valence-electron chi connectivity index (χ0n) is 14.5. The van der Waals surface area contributed by atoms with Crippen molar-refractivity contribution in [3.05, 3.63) is 47.0 Å². The second-order valence-corrected chi connectivity index (χ2v) is 6.38. The maximum atomic E-state index is 12.8. The lowest BCUT2D eigenvalue weighted by atomic mass is 9.94. The van der Waals surface area contributed by atoms with Crippen LogP contribution in [0.15, 0.2) is 30.3 Å². The molecule has 0 N–H and O–H groups in total. The monoisotopic (exact) mass is 323 g/mol. The van der Waals surface area contributed by atoms with Crippen LogP contribution in [-0.4, -0.2) is 23.1 Å². The lowest BCUT2D eigenvalue weighted by Gasteiger charge is -2.30. The highest BCUT2D eigenvalue weighted by Gasteiger charge is 2.34. The van der Waals surface area contributed by atoms with Gasteiger partial charge in [0.2, 0.25) is 0 Å². The molecule has 2 aromatic carbocycles. The van der Waals surface area contributed by atoms with Gasteiger partial charge in [0.1, 0.15) is 0 Å². The van der Waals surface area contributed by atoms with Crippen molar-refractivity contribution < 1.29 is 9.59 Å². The van der Waals surface area contributed by atoms with Gasteiger partial charge in [-0.05, 0) is 35.2 Å². The molecule has 4 rings (SSSR count). The Morgan fingerprint density at radius 2 is 1.71 bits per heavy atom. The Morgan fingerprint density at radius 3 is 2.38 bits per heavy atom. The molecule has 2 aromatic rings. The number of hydrogen-bond acceptors (Lipinski definition) is 2. The SMILES string of the molecule is CC.O=Cc1cc2c(c3ccccc13)CN(C1CCCCC1)C2=O. The first-order valence-electron chi connectivity index (χ1n) is 9.10. The van der Waals surface area contributed by atoms with Gasteiger partial charge >= 0.3 is 0 Å². The predicted molar refractivity (Wildman–Crippen MR) is 97.4 cm³/mol. The van der Waals surface area contributed by atoms with Crippen molar-refractivity contribution in [1.82, 2.24) is 4.90 Å². The summed E-state index contributed by atoms with van der Waals surface area (Å²) in [7, 11) is 0. The van der Waals surface area contributed by atoms with Gasteiger partial charge in [-0.2, -0.15) is 0 Å². The third-order valence-corrected chi connectivity index (χ3v) is 5.15. The van der Waals surface area contributed by atoms with Crippen molar-refractivity contribution in [3.63, 3.8) is 0 Å². The average Bonchev–Trinajstić information content (AvgIpc) is 3.00. The summed E-state index contributed by atoms with van der Waals surface area (Å²) in [4.78, 5) is 26.2. The molecule has 1 saturated carbocycles. The van der Waals surface area contributed by atoms with E-state index >= 15 is 0 Å². The Kier molecular flexibility index (Phi) is 4.98. The molecule has 1 fully saturated rings. The number of carbonyl (C=O) groups is 2. The fourth-order valence-electron chi connectivity index (χ4n) is 4.01. The Balaban J connectivity index is 0.000000815. The van der Waals surface area contributed by atoms with Crippen molar-refractivity contribution in [2.45, 2.75) is 58.5 Å². The molecule has 1 aliphatic carbocycles. The number of nitrogens with zero attached hydrogens (tertiary/aromatic N) is 1. The Bertz CT molecular complexity index is 760. The molecule has 24 heavy (non-hydrogen) atoms. The van der Waals surface area contributed by atoms with Crippen molar-refractivity contribution in [3.8, 4) is 0 Å². The normalized spacial score (nSPS) is 17.4. The number of benzene rings is 2. The fraction of sp³-hybridized carbons (Fsp3) is 0.429. The highest BCUT2D eigenvalue weighted by Crippen LogP contribution is 2.35. The summed E-state index contributed by atoms with van der Waals surface area (Å²) in [5.41, 5.74) is 2.44. The smallest absolute Gasteiger partial charge is 0.254 e. The molecule has 0 atom stereocenters. The first kappa shape index (κ1) is 16.7. The Morgan fingerprint density at radius 1 is 1.04 bits per heavy atom. The van der Waals surface area contributed by atoms with Crippen LogP contribution in [-0.2, 0) is 6.54 Å². The predicted octanol–water partition coefficient (Wildman–Crippen LogP) is 4.97. The largest absolute Gasteiger partial charge is 0.331 e. The van der Waals surface area contributed by atoms with Crippen molar-refractivity contribution in [2.75, 3.05) is 0 Å². The molecule has 0 spiro atoms. The van der Waals surface area contributed by atoms with Crippen LogP contribution in [0.5, 0.6) is 0 Å². The Hall–Kier alpha value is -2.16. The maximum absolute atomic E-state index is 12.8. The summed E-state index contributed by atoms with van der Waals surface area (Å²) < 4.78 is 0. The summed E-state index contributed by atoms with van der Waals surface area (Å²) in [6.07, 6.45) is 6.79. The van der Waals surface area contributed by atoms with Gasteiger partial charge in [0.25, 0.3) is 5.91 Å². The highest BCUT2D eigenvalue weighted by atomic mass is 16.2. The van der Waals surface area contributed by atoms with Crippen molar-refractivity contribution in [2.24, 2.45) is 0 Å². The molecule has 2 aliphatic rings. The molecule has 1 heterocycles. The number of carbonyl (C=O) groups excluding carboxylic acids is 2. The topological polar surface area (TPSA) is 37.4 Å². The quantitative estimate of drug-likeness (QED) is 0.732. The Labute approximate surface area is 143 Å². The third kappa shape index (κ3) is 2.72. The van der Waals surface area contributed by atoms with Crippen LogP contribution in [0.4, 0.5) is 0 Å². The zero-order valence-corrected chi connectivity index (χ0v) is 14.5. The van der Waals surface area contributed by atoms with E-state index in [9.17, 15) is 9.59 Å². The average molecular weight is 323 g/mol. The summed E-state index contributed by atoms with van der Waals surface area (Å²) in [5, 5.41) is 2.00. The minimum Gasteiger partial charge on any atom is -0.331 e. The molecule has 126 valence electrons. The lowest BCUT2D eigenvalue weighted by Crippen LogP contribution is -2.36. The van der Waals surface area contributed by atoms with Crippen LogP contribution in [0.25, 0.3) is 10.8 Å². The number of hydrogen-bond donors (Lipinski definition) is 0. The maximum Gasteiger partial charge on any atom is 0.254 e. The summed E-state index contributed by atoms with van der Waals surface area (Å²) in [6.45, 7) is 4.69. The summed E-state index contributed by atoms with van der Waals surface area (Å²) >= 11 is 0. The molecule has 1 amide bonds. The first-order valence-corrected chi connectivity index (χ1v) is 9.10. The van der Waals surface area contributed by atoms with Crippen LogP contribution < -0.4 is 0 Å². The number of rotatable bonds is 2. The van der Waals surface area contributed by atoms with E-state index in [0.29, 0.717) is 18.2 Å². The van der Waals surface area contributed by atoms with E-state index in [4.69, 9.17) is 0 Å². The molecule has 0 aromatic heterocycles. The van der Waals surface area contributed by atoms with Crippen LogP contribution >= 0.6 is 0 Å². The third-order valence-electron chi connectivity index (χ3n) is 5.15. The van der Waals surface area contributed by atoms with Crippen LogP contribution in [0.1, 0.15) is 72.2 Å². The lowest BCUT2D eigenvalue weighted by molar-refractivity contribution is 0.0660. The molecule has 3 heteroatoms. The van der Waals surface area contributed by atoms with Gasteiger partial charge in [0.05, 0.1) is 0 Å². The molecular formula is C21H25NO2. The number of fused-ring (bicyclic) bond motifs is 3. The van der Waals surface area contributed by atoms with Gasteiger partial charge in [-0.15, -0.1) is 0 Å². The van der Waals surface area contributed by atoms with Crippen molar-refractivity contribution in [1.29, 1.82) is 0 Å². The second-order valence-electron chi connectivity index (χ2n) is 6.38. The van der Waals surface area contributed by atoms with Gasteiger partial charge in [-0.25, -0.2) is 0 Å². The zero-order chi connectivity index (χ0) is 17.1. The minimum absolute atomic E-state index is 0.107. The molecule has 0 radical (unpaired) electrons. The fourth-order valence-corrected chi connectivity index (χ4v) is 4.01. The minimum atomic E-state index is 0.107. The standard InChI is InChI=1S/C19H19NO2.C2H6/c21-12-13-10-17-18(16-9-5-4-8-15(13)16)11-20(19(17)22)14-6-2-1-3-7-14;1-2/h4-5,8-10,12,14H,1-3,6-7,11H2;1-2H3. The first-order chi connectivity index (χ1) is 11.8. The van der Waals surface area contributed by atoms with E-state index in [1.165, 1.54) is 19.3 Å². The van der Waals surface area contributed by atoms with E-state index in [1.807, 2.05) is 43.0 Å². The van der Waals surface area contributed by atoms with Crippen LogP contribution in [0, 0.1) is 0 Å². The van der Waals surface area contributed by atoms with Gasteiger partial charge in [0.15, 0.2) is 6.29 Å². The van der Waals surface area contributed by atoms with Gasteiger partial charge < -0.3 is 4.90 Å². The molecule has 3 nitrogen and oxygen atoms in total.